The minimum atomic E-state index is -0.380. The predicted molar refractivity (Wildman–Crippen MR) is 81.9 cm³/mol. The molecule has 0 fully saturated rings. The van der Waals surface area contributed by atoms with Crippen molar-refractivity contribution in [3.63, 3.8) is 0 Å². The molecule has 3 rings (SSSR count). The molecule has 0 saturated heterocycles. The standard InChI is InChI=1S/C15H11FN4O2S/c16-11-1-7-14(8-2-11)23-9-15(21)22-13-5-3-12(4-6-13)20-10-17-18-19-20/h1-8,10H,9H2. The van der Waals surface area contributed by atoms with E-state index in [-0.39, 0.29) is 17.5 Å². The number of tetrazole rings is 1. The molecular weight excluding hydrogens is 319 g/mol. The molecule has 1 aromatic heterocycles. The van der Waals surface area contributed by atoms with E-state index in [9.17, 15) is 9.18 Å². The Kier molecular flexibility index (Phi) is 4.62. The average molecular weight is 330 g/mol. The Hall–Kier alpha value is -2.74. The maximum Gasteiger partial charge on any atom is 0.321 e. The van der Waals surface area contributed by atoms with E-state index in [0.29, 0.717) is 5.75 Å². The third-order valence-corrected chi connectivity index (χ3v) is 3.84. The lowest BCUT2D eigenvalue weighted by Gasteiger charge is -2.05. The number of ether oxygens (including phenoxy) is 1. The van der Waals surface area contributed by atoms with Crippen LogP contribution in [0.5, 0.6) is 5.75 Å². The van der Waals surface area contributed by atoms with Gasteiger partial charge in [-0.25, -0.2) is 9.07 Å². The molecule has 0 aliphatic carbocycles. The number of rotatable bonds is 5. The van der Waals surface area contributed by atoms with Crippen molar-refractivity contribution < 1.29 is 13.9 Å². The van der Waals surface area contributed by atoms with E-state index in [1.165, 1.54) is 34.9 Å². The molecule has 0 bridgehead atoms. The zero-order chi connectivity index (χ0) is 16.1. The van der Waals surface area contributed by atoms with Crippen LogP contribution in [0.1, 0.15) is 0 Å². The summed E-state index contributed by atoms with van der Waals surface area (Å²) in [5.41, 5.74) is 0.760. The summed E-state index contributed by atoms with van der Waals surface area (Å²) in [5, 5.41) is 10.9. The van der Waals surface area contributed by atoms with Gasteiger partial charge in [0.15, 0.2) is 0 Å². The summed E-state index contributed by atoms with van der Waals surface area (Å²) in [6.45, 7) is 0. The molecule has 0 saturated carbocycles. The Bertz CT molecular complexity index is 776. The van der Waals surface area contributed by atoms with E-state index in [1.807, 2.05) is 0 Å². The molecule has 0 aliphatic rings. The van der Waals surface area contributed by atoms with Gasteiger partial charge in [-0.3, -0.25) is 4.79 Å². The van der Waals surface area contributed by atoms with Crippen LogP contribution in [-0.2, 0) is 4.79 Å². The average Bonchev–Trinajstić information content (AvgIpc) is 3.09. The van der Waals surface area contributed by atoms with Gasteiger partial charge in [-0.2, -0.15) is 0 Å². The number of hydrogen-bond donors (Lipinski definition) is 0. The lowest BCUT2D eigenvalue weighted by molar-refractivity contribution is -0.131. The molecule has 6 nitrogen and oxygen atoms in total. The van der Waals surface area contributed by atoms with Gasteiger partial charge in [0.05, 0.1) is 11.4 Å². The Morgan fingerprint density at radius 3 is 2.52 bits per heavy atom. The van der Waals surface area contributed by atoms with Crippen LogP contribution in [-0.4, -0.2) is 31.9 Å². The summed E-state index contributed by atoms with van der Waals surface area (Å²) in [7, 11) is 0. The highest BCUT2D eigenvalue weighted by Gasteiger charge is 2.07. The second-order valence-electron chi connectivity index (χ2n) is 4.46. The Morgan fingerprint density at radius 2 is 1.87 bits per heavy atom. The van der Waals surface area contributed by atoms with Gasteiger partial charge in [-0.05, 0) is 59.0 Å². The smallest absolute Gasteiger partial charge is 0.321 e. The van der Waals surface area contributed by atoms with Crippen molar-refractivity contribution >= 4 is 17.7 Å². The summed E-state index contributed by atoms with van der Waals surface area (Å²) in [4.78, 5) is 12.6. The van der Waals surface area contributed by atoms with Crippen LogP contribution in [0.3, 0.4) is 0 Å². The molecule has 8 heteroatoms. The van der Waals surface area contributed by atoms with Crippen molar-refractivity contribution in [2.75, 3.05) is 5.75 Å². The van der Waals surface area contributed by atoms with Gasteiger partial charge in [0, 0.05) is 4.90 Å². The highest BCUT2D eigenvalue weighted by atomic mass is 32.2. The molecule has 0 spiro atoms. The van der Waals surface area contributed by atoms with Crippen molar-refractivity contribution in [3.05, 3.63) is 60.7 Å². The summed E-state index contributed by atoms with van der Waals surface area (Å²) < 4.78 is 19.5. The largest absolute Gasteiger partial charge is 0.426 e. The van der Waals surface area contributed by atoms with E-state index in [4.69, 9.17) is 4.74 Å². The van der Waals surface area contributed by atoms with Gasteiger partial charge >= 0.3 is 5.97 Å². The molecule has 1 heterocycles. The van der Waals surface area contributed by atoms with Crippen LogP contribution in [0, 0.1) is 5.82 Å². The topological polar surface area (TPSA) is 69.9 Å². The lowest BCUT2D eigenvalue weighted by atomic mass is 10.3. The Balaban J connectivity index is 1.54. The van der Waals surface area contributed by atoms with Crippen LogP contribution in [0.2, 0.25) is 0 Å². The summed E-state index contributed by atoms with van der Waals surface area (Å²) in [6, 6.07) is 12.8. The van der Waals surface area contributed by atoms with Gasteiger partial charge in [-0.1, -0.05) is 0 Å². The first-order chi connectivity index (χ1) is 11.2. The van der Waals surface area contributed by atoms with Crippen molar-refractivity contribution in [1.82, 2.24) is 20.2 Å². The van der Waals surface area contributed by atoms with E-state index in [0.717, 1.165) is 10.6 Å². The first-order valence-electron chi connectivity index (χ1n) is 6.63. The molecule has 2 aromatic carbocycles. The number of benzene rings is 2. The first-order valence-corrected chi connectivity index (χ1v) is 7.62. The lowest BCUT2D eigenvalue weighted by Crippen LogP contribution is -2.10. The molecule has 0 radical (unpaired) electrons. The molecule has 0 amide bonds. The Labute approximate surface area is 135 Å². The third-order valence-electron chi connectivity index (χ3n) is 2.85. The number of hydrogen-bond acceptors (Lipinski definition) is 6. The number of carbonyl (C=O) groups excluding carboxylic acids is 1. The maximum absolute atomic E-state index is 12.8. The maximum atomic E-state index is 12.8. The van der Waals surface area contributed by atoms with Crippen molar-refractivity contribution in [3.8, 4) is 11.4 Å². The number of halogens is 1. The highest BCUT2D eigenvalue weighted by molar-refractivity contribution is 8.00. The normalized spacial score (nSPS) is 10.5. The van der Waals surface area contributed by atoms with Gasteiger partial charge in [0.25, 0.3) is 0 Å². The minimum absolute atomic E-state index is 0.139. The highest BCUT2D eigenvalue weighted by Crippen LogP contribution is 2.19. The second kappa shape index (κ2) is 7.01. The fourth-order valence-corrected chi connectivity index (χ4v) is 2.45. The second-order valence-corrected chi connectivity index (χ2v) is 5.51. The van der Waals surface area contributed by atoms with Crippen LogP contribution < -0.4 is 4.74 Å². The molecule has 23 heavy (non-hydrogen) atoms. The zero-order valence-corrected chi connectivity index (χ0v) is 12.6. The summed E-state index contributed by atoms with van der Waals surface area (Å²) in [6.07, 6.45) is 1.47. The number of thioether (sulfide) groups is 1. The predicted octanol–water partition coefficient (Wildman–Crippen LogP) is 2.50. The number of carbonyl (C=O) groups is 1. The quantitative estimate of drug-likeness (QED) is 0.407. The van der Waals surface area contributed by atoms with E-state index >= 15 is 0 Å². The van der Waals surface area contributed by atoms with Gasteiger partial charge in [0.2, 0.25) is 0 Å². The molecular formula is C15H11FN4O2S. The number of nitrogens with zero attached hydrogens (tertiary/aromatic N) is 4. The SMILES string of the molecule is O=C(CSc1ccc(F)cc1)Oc1ccc(-n2cnnn2)cc1. The number of aromatic nitrogens is 4. The fourth-order valence-electron chi connectivity index (χ4n) is 1.78. The first kappa shape index (κ1) is 15.2. The summed E-state index contributed by atoms with van der Waals surface area (Å²) in [5.74, 6) is -0.110. The van der Waals surface area contributed by atoms with Crippen molar-refractivity contribution in [2.45, 2.75) is 4.90 Å². The van der Waals surface area contributed by atoms with Gasteiger partial charge < -0.3 is 4.74 Å². The number of esters is 1. The van der Waals surface area contributed by atoms with E-state index < -0.39 is 0 Å². The fraction of sp³-hybridized carbons (Fsp3) is 0.0667. The summed E-state index contributed by atoms with van der Waals surface area (Å²) >= 11 is 1.29. The zero-order valence-electron chi connectivity index (χ0n) is 11.8. The van der Waals surface area contributed by atoms with E-state index in [1.54, 1.807) is 36.4 Å². The van der Waals surface area contributed by atoms with Crippen LogP contribution >= 0.6 is 11.8 Å². The molecule has 0 N–H and O–H groups in total. The van der Waals surface area contributed by atoms with Crippen molar-refractivity contribution in [2.24, 2.45) is 0 Å². The van der Waals surface area contributed by atoms with Crippen LogP contribution in [0.25, 0.3) is 5.69 Å². The van der Waals surface area contributed by atoms with Crippen LogP contribution in [0.15, 0.2) is 59.8 Å². The van der Waals surface area contributed by atoms with Crippen LogP contribution in [0.4, 0.5) is 4.39 Å². The minimum Gasteiger partial charge on any atom is -0.426 e. The Morgan fingerprint density at radius 1 is 1.13 bits per heavy atom. The monoisotopic (exact) mass is 330 g/mol. The molecule has 0 aliphatic heterocycles. The molecule has 0 atom stereocenters. The molecule has 3 aromatic rings. The van der Waals surface area contributed by atoms with Gasteiger partial charge in [0.1, 0.15) is 17.9 Å². The third kappa shape index (κ3) is 4.13. The van der Waals surface area contributed by atoms with E-state index in [2.05, 4.69) is 15.5 Å². The van der Waals surface area contributed by atoms with Crippen molar-refractivity contribution in [1.29, 1.82) is 0 Å². The molecule has 116 valence electrons. The molecule has 0 unspecified atom stereocenters. The van der Waals surface area contributed by atoms with Gasteiger partial charge in [-0.15, -0.1) is 16.9 Å².